The minimum atomic E-state index is -2.81. The molecule has 0 amide bonds. The molecular weight excluding hydrogens is 168 g/mol. The van der Waals surface area contributed by atoms with Crippen LogP contribution in [0, 0.1) is 0 Å². The van der Waals surface area contributed by atoms with Crippen LogP contribution in [0.15, 0.2) is 0 Å². The van der Waals surface area contributed by atoms with Gasteiger partial charge in [0.2, 0.25) is 0 Å². The maximum absolute atomic E-state index is 12.8. The summed E-state index contributed by atoms with van der Waals surface area (Å²) < 4.78 is 30.0. The number of halogens is 2. The maximum atomic E-state index is 12.8. The third kappa shape index (κ3) is 1.55. The van der Waals surface area contributed by atoms with Crippen LogP contribution in [0.4, 0.5) is 8.78 Å². The van der Waals surface area contributed by atoms with E-state index in [0.717, 1.165) is 0 Å². The van der Waals surface area contributed by atoms with E-state index in [-0.39, 0.29) is 0 Å². The topological polar surface area (TPSA) is 38.3 Å². The smallest absolute Gasteiger partial charge is 0.323 e. The zero-order valence-corrected chi connectivity index (χ0v) is 6.93. The fraction of sp³-hybridized carbons (Fsp3) is 0.857. The van der Waals surface area contributed by atoms with E-state index in [9.17, 15) is 13.6 Å². The van der Waals surface area contributed by atoms with Crippen LogP contribution < -0.4 is 5.32 Å². The Morgan fingerprint density at radius 3 is 2.58 bits per heavy atom. The molecule has 2 unspecified atom stereocenters. The molecule has 1 fully saturated rings. The summed E-state index contributed by atoms with van der Waals surface area (Å²) >= 11 is 0. The molecule has 2 atom stereocenters. The van der Waals surface area contributed by atoms with E-state index in [2.05, 4.69) is 10.1 Å². The summed E-state index contributed by atoms with van der Waals surface area (Å²) in [4.78, 5) is 10.8. The first kappa shape index (κ1) is 9.38. The van der Waals surface area contributed by atoms with Gasteiger partial charge in [0.05, 0.1) is 13.2 Å². The number of hydrogen-bond donors (Lipinski definition) is 1. The summed E-state index contributed by atoms with van der Waals surface area (Å²) in [7, 11) is 1.19. The van der Waals surface area contributed by atoms with E-state index in [4.69, 9.17) is 0 Å². The van der Waals surface area contributed by atoms with Crippen LogP contribution in [-0.4, -0.2) is 31.1 Å². The van der Waals surface area contributed by atoms with Gasteiger partial charge in [-0.3, -0.25) is 10.1 Å². The molecule has 1 heterocycles. The third-order valence-corrected chi connectivity index (χ3v) is 2.05. The van der Waals surface area contributed by atoms with Crippen molar-refractivity contribution in [2.45, 2.75) is 31.4 Å². The molecule has 1 N–H and O–H groups in total. The number of carbonyl (C=O) groups excluding carboxylic acids is 1. The third-order valence-electron chi connectivity index (χ3n) is 2.05. The summed E-state index contributed by atoms with van der Waals surface area (Å²) in [6, 6.07) is -1.82. The fourth-order valence-corrected chi connectivity index (χ4v) is 1.23. The Hall–Kier alpha value is -0.710. The highest BCUT2D eigenvalue weighted by Gasteiger charge is 2.48. The number of hydrogen-bond acceptors (Lipinski definition) is 3. The molecule has 1 rings (SSSR count). The molecule has 70 valence electrons. The lowest BCUT2D eigenvalue weighted by Gasteiger charge is -2.11. The first-order chi connectivity index (χ1) is 5.47. The molecule has 12 heavy (non-hydrogen) atoms. The highest BCUT2D eigenvalue weighted by atomic mass is 19.3. The molecule has 0 aromatic rings. The van der Waals surface area contributed by atoms with Gasteiger partial charge in [-0.15, -0.1) is 0 Å². The van der Waals surface area contributed by atoms with Crippen molar-refractivity contribution in [2.24, 2.45) is 0 Å². The highest BCUT2D eigenvalue weighted by molar-refractivity contribution is 5.76. The molecule has 1 saturated heterocycles. The normalized spacial score (nSPS) is 33.3. The quantitative estimate of drug-likeness (QED) is 0.597. The van der Waals surface area contributed by atoms with Gasteiger partial charge >= 0.3 is 5.97 Å². The van der Waals surface area contributed by atoms with E-state index in [1.807, 2.05) is 0 Å². The van der Waals surface area contributed by atoms with Crippen molar-refractivity contribution in [3.63, 3.8) is 0 Å². The second-order valence-electron chi connectivity index (χ2n) is 2.93. The minimum Gasteiger partial charge on any atom is -0.468 e. The van der Waals surface area contributed by atoms with Gasteiger partial charge in [0.25, 0.3) is 5.92 Å². The molecule has 0 radical (unpaired) electrons. The summed E-state index contributed by atoms with van der Waals surface area (Å²) in [5.74, 6) is -3.43. The van der Waals surface area contributed by atoms with E-state index >= 15 is 0 Å². The molecule has 1 aliphatic rings. The first-order valence-corrected chi connectivity index (χ1v) is 3.69. The molecular formula is C7H11F2NO2. The highest BCUT2D eigenvalue weighted by Crippen LogP contribution is 2.31. The molecule has 3 nitrogen and oxygen atoms in total. The number of esters is 1. The molecule has 1 aliphatic heterocycles. The number of carbonyl (C=O) groups is 1. The Kier molecular flexibility index (Phi) is 2.32. The Balaban J connectivity index is 2.60. The number of ether oxygens (including phenoxy) is 1. The molecule has 0 saturated carbocycles. The van der Waals surface area contributed by atoms with E-state index in [0.29, 0.717) is 0 Å². The first-order valence-electron chi connectivity index (χ1n) is 3.69. The lowest BCUT2D eigenvalue weighted by molar-refractivity contribution is -0.143. The van der Waals surface area contributed by atoms with Crippen LogP contribution in [-0.2, 0) is 9.53 Å². The number of methoxy groups -OCH3 is 1. The standard InChI is InChI=1S/C7H11F2NO2/c1-4-7(8,9)3-5(10-4)6(11)12-2/h4-5,10H,3H2,1-2H3. The van der Waals surface area contributed by atoms with Gasteiger partial charge < -0.3 is 4.74 Å². The lowest BCUT2D eigenvalue weighted by atomic mass is 10.1. The van der Waals surface area contributed by atoms with Crippen LogP contribution in [0.5, 0.6) is 0 Å². The van der Waals surface area contributed by atoms with Crippen molar-refractivity contribution < 1.29 is 18.3 Å². The van der Waals surface area contributed by atoms with Crippen molar-refractivity contribution in [1.82, 2.24) is 5.32 Å². The maximum Gasteiger partial charge on any atom is 0.323 e. The number of alkyl halides is 2. The summed E-state index contributed by atoms with van der Waals surface area (Å²) in [6.45, 7) is 1.35. The summed E-state index contributed by atoms with van der Waals surface area (Å²) in [6.07, 6.45) is -0.471. The molecule has 5 heteroatoms. The SMILES string of the molecule is COC(=O)C1CC(F)(F)C(C)N1. The van der Waals surface area contributed by atoms with Gasteiger partial charge in [0.15, 0.2) is 0 Å². The predicted molar refractivity (Wildman–Crippen MR) is 38.0 cm³/mol. The van der Waals surface area contributed by atoms with E-state index in [1.54, 1.807) is 0 Å². The zero-order valence-electron chi connectivity index (χ0n) is 6.93. The van der Waals surface area contributed by atoms with Crippen molar-refractivity contribution in [3.05, 3.63) is 0 Å². The molecule has 0 aliphatic carbocycles. The molecule has 0 aromatic carbocycles. The number of rotatable bonds is 1. The second kappa shape index (κ2) is 2.97. The van der Waals surface area contributed by atoms with Crippen LogP contribution in [0.2, 0.25) is 0 Å². The Bertz CT molecular complexity index is 196. The van der Waals surface area contributed by atoms with Crippen LogP contribution in [0.3, 0.4) is 0 Å². The molecule has 0 aromatic heterocycles. The van der Waals surface area contributed by atoms with Crippen LogP contribution in [0.1, 0.15) is 13.3 Å². The molecule has 0 spiro atoms. The van der Waals surface area contributed by atoms with Gasteiger partial charge in [-0.1, -0.05) is 0 Å². The van der Waals surface area contributed by atoms with Gasteiger partial charge in [0, 0.05) is 6.42 Å². The lowest BCUT2D eigenvalue weighted by Crippen LogP contribution is -2.36. The van der Waals surface area contributed by atoms with Crippen molar-refractivity contribution >= 4 is 5.97 Å². The largest absolute Gasteiger partial charge is 0.468 e. The second-order valence-corrected chi connectivity index (χ2v) is 2.93. The monoisotopic (exact) mass is 179 g/mol. The summed E-state index contributed by atoms with van der Waals surface area (Å²) in [5, 5.41) is 2.47. The van der Waals surface area contributed by atoms with Crippen molar-refractivity contribution in [2.75, 3.05) is 7.11 Å². The van der Waals surface area contributed by atoms with Crippen molar-refractivity contribution in [3.8, 4) is 0 Å². The van der Waals surface area contributed by atoms with Gasteiger partial charge in [0.1, 0.15) is 6.04 Å². The average molecular weight is 179 g/mol. The van der Waals surface area contributed by atoms with Gasteiger partial charge in [-0.2, -0.15) is 0 Å². The molecule has 0 bridgehead atoms. The predicted octanol–water partition coefficient (Wildman–Crippen LogP) is 0.545. The fourth-order valence-electron chi connectivity index (χ4n) is 1.23. The zero-order chi connectivity index (χ0) is 9.35. The Morgan fingerprint density at radius 2 is 2.25 bits per heavy atom. The van der Waals surface area contributed by atoms with E-state index < -0.39 is 30.4 Å². The van der Waals surface area contributed by atoms with Crippen molar-refractivity contribution in [1.29, 1.82) is 0 Å². The van der Waals surface area contributed by atoms with Crippen LogP contribution in [0.25, 0.3) is 0 Å². The Labute approximate surface area is 69.1 Å². The van der Waals surface area contributed by atoms with E-state index in [1.165, 1.54) is 14.0 Å². The number of nitrogens with one attached hydrogen (secondary N) is 1. The summed E-state index contributed by atoms with van der Waals surface area (Å²) in [5.41, 5.74) is 0. The van der Waals surface area contributed by atoms with Gasteiger partial charge in [-0.05, 0) is 6.92 Å². The average Bonchev–Trinajstić information content (AvgIpc) is 2.25. The minimum absolute atomic E-state index is 0.471. The van der Waals surface area contributed by atoms with Gasteiger partial charge in [-0.25, -0.2) is 8.78 Å². The van der Waals surface area contributed by atoms with Crippen LogP contribution >= 0.6 is 0 Å². The Morgan fingerprint density at radius 1 is 1.67 bits per heavy atom.